The number of hydrogen-bond acceptors (Lipinski definition) is 3. The molecule has 0 amide bonds. The molecule has 1 aliphatic carbocycles. The van der Waals surface area contributed by atoms with Gasteiger partial charge in [0.15, 0.2) is 0 Å². The van der Waals surface area contributed by atoms with Crippen molar-refractivity contribution in [2.75, 3.05) is 13.1 Å². The molecule has 1 aliphatic rings. The van der Waals surface area contributed by atoms with Crippen LogP contribution in [0.1, 0.15) is 24.5 Å². The summed E-state index contributed by atoms with van der Waals surface area (Å²) in [6, 6.07) is 6.30. The van der Waals surface area contributed by atoms with Gasteiger partial charge in [0.2, 0.25) is 0 Å². The van der Waals surface area contributed by atoms with Gasteiger partial charge >= 0.3 is 0 Å². The first kappa shape index (κ1) is 16.4. The summed E-state index contributed by atoms with van der Waals surface area (Å²) in [5, 5.41) is 10.1. The average Bonchev–Trinajstić information content (AvgIpc) is 2.53. The van der Waals surface area contributed by atoms with Crippen molar-refractivity contribution in [3.63, 3.8) is 0 Å². The lowest BCUT2D eigenvalue weighted by molar-refractivity contribution is 0.204. The summed E-state index contributed by atoms with van der Waals surface area (Å²) in [7, 11) is 0. The second kappa shape index (κ2) is 7.85. The van der Waals surface area contributed by atoms with Gasteiger partial charge in [-0.3, -0.25) is 4.90 Å². The van der Waals surface area contributed by atoms with Gasteiger partial charge in [-0.1, -0.05) is 37.8 Å². The zero-order chi connectivity index (χ0) is 15.9. The lowest BCUT2D eigenvalue weighted by Gasteiger charge is -2.35. The fourth-order valence-corrected chi connectivity index (χ4v) is 3.23. The van der Waals surface area contributed by atoms with Crippen molar-refractivity contribution in [2.24, 2.45) is 5.73 Å². The number of nitrogens with two attached hydrogens (primary N) is 1. The highest BCUT2D eigenvalue weighted by Crippen LogP contribution is 2.31. The van der Waals surface area contributed by atoms with Gasteiger partial charge in [-0.2, -0.15) is 0 Å². The molecule has 0 heterocycles. The van der Waals surface area contributed by atoms with Crippen molar-refractivity contribution in [2.45, 2.75) is 32.2 Å². The Morgan fingerprint density at radius 1 is 1.50 bits per heavy atom. The summed E-state index contributed by atoms with van der Waals surface area (Å²) in [6.45, 7) is 7.77. The number of fused-ring (bicyclic) bond motifs is 1. The van der Waals surface area contributed by atoms with Crippen molar-refractivity contribution in [3.8, 4) is 5.75 Å². The second-order valence-electron chi connectivity index (χ2n) is 5.71. The highest BCUT2D eigenvalue weighted by Gasteiger charge is 2.25. The summed E-state index contributed by atoms with van der Waals surface area (Å²) < 4.78 is 0. The summed E-state index contributed by atoms with van der Waals surface area (Å²) >= 11 is 0. The molecule has 118 valence electrons. The van der Waals surface area contributed by atoms with Gasteiger partial charge in [-0.15, -0.1) is 0 Å². The molecule has 0 fully saturated rings. The number of benzene rings is 1. The van der Waals surface area contributed by atoms with Crippen LogP contribution < -0.4 is 5.73 Å². The van der Waals surface area contributed by atoms with E-state index in [9.17, 15) is 5.11 Å². The van der Waals surface area contributed by atoms with Crippen molar-refractivity contribution in [1.82, 2.24) is 4.90 Å². The van der Waals surface area contributed by atoms with Crippen molar-refractivity contribution in [1.29, 1.82) is 0 Å². The smallest absolute Gasteiger partial charge is 0.119 e. The van der Waals surface area contributed by atoms with E-state index >= 15 is 0 Å². The maximum atomic E-state index is 10.1. The number of phenols is 1. The highest BCUT2D eigenvalue weighted by molar-refractivity contribution is 5.41. The number of allylic oxidation sites excluding steroid dienone is 2. The predicted molar refractivity (Wildman–Crippen MR) is 92.8 cm³/mol. The number of rotatable bonds is 6. The molecular formula is C19H26N2O. The second-order valence-corrected chi connectivity index (χ2v) is 5.71. The van der Waals surface area contributed by atoms with Gasteiger partial charge in [0, 0.05) is 12.6 Å². The van der Waals surface area contributed by atoms with Crippen molar-refractivity contribution in [3.05, 3.63) is 65.9 Å². The summed E-state index contributed by atoms with van der Waals surface area (Å²) in [6.07, 6.45) is 10.4. The maximum Gasteiger partial charge on any atom is 0.119 e. The molecule has 1 atom stereocenters. The minimum atomic E-state index is 0.432. The van der Waals surface area contributed by atoms with Crippen LogP contribution >= 0.6 is 0 Å². The summed E-state index contributed by atoms with van der Waals surface area (Å²) in [5.74, 6) is 0.432. The van der Waals surface area contributed by atoms with E-state index in [1.807, 2.05) is 18.2 Å². The van der Waals surface area contributed by atoms with E-state index in [2.05, 4.69) is 24.5 Å². The predicted octanol–water partition coefficient (Wildman–Crippen LogP) is 3.16. The third-order valence-corrected chi connectivity index (χ3v) is 4.39. The van der Waals surface area contributed by atoms with Crippen LogP contribution in [0.15, 0.2) is 54.8 Å². The first-order valence-corrected chi connectivity index (χ1v) is 7.93. The van der Waals surface area contributed by atoms with Gasteiger partial charge in [-0.25, -0.2) is 0 Å². The van der Waals surface area contributed by atoms with Gasteiger partial charge in [0.25, 0.3) is 0 Å². The number of phenolic OH excluding ortho intramolecular Hbond substituents is 1. The molecule has 1 unspecified atom stereocenters. The van der Waals surface area contributed by atoms with E-state index < -0.39 is 0 Å². The molecule has 3 heteroatoms. The Kier molecular flexibility index (Phi) is 5.84. The lowest BCUT2D eigenvalue weighted by atomic mass is 9.86. The van der Waals surface area contributed by atoms with Crippen LogP contribution in [0, 0.1) is 0 Å². The fraction of sp³-hybridized carbons (Fsp3) is 0.368. The van der Waals surface area contributed by atoms with Crippen LogP contribution in [0.4, 0.5) is 0 Å². The van der Waals surface area contributed by atoms with Crippen LogP contribution in [0.5, 0.6) is 5.75 Å². The zero-order valence-electron chi connectivity index (χ0n) is 13.3. The van der Waals surface area contributed by atoms with E-state index in [4.69, 9.17) is 5.73 Å². The number of aryl methyl sites for hydroxylation is 1. The minimum absolute atomic E-state index is 0.432. The zero-order valence-corrected chi connectivity index (χ0v) is 13.3. The van der Waals surface area contributed by atoms with Gasteiger partial charge in [0.1, 0.15) is 5.75 Å². The number of hydrogen-bond donors (Lipinski definition) is 2. The normalized spacial score (nSPS) is 18.6. The number of nitrogens with zero attached hydrogens (tertiary/aromatic N) is 1. The van der Waals surface area contributed by atoms with Gasteiger partial charge in [0.05, 0.1) is 0 Å². The molecule has 0 aliphatic heterocycles. The standard InChI is InChI=1S/C19H26N2O/c1-3-6-15(11-12-20)14-21(4-2)17-10-9-16-7-5-8-19(22)18(16)13-17/h3,5-8,11-12,17,22H,1,4,9-10,13-14,20H2,2H3/b12-11-,15-6+. The van der Waals surface area contributed by atoms with E-state index in [-0.39, 0.29) is 0 Å². The topological polar surface area (TPSA) is 49.5 Å². The average molecular weight is 298 g/mol. The Morgan fingerprint density at radius 2 is 2.32 bits per heavy atom. The highest BCUT2D eigenvalue weighted by atomic mass is 16.3. The molecule has 1 aromatic rings. The minimum Gasteiger partial charge on any atom is -0.508 e. The molecule has 0 saturated heterocycles. The molecule has 1 aromatic carbocycles. The largest absolute Gasteiger partial charge is 0.508 e. The Labute approximate surface area is 133 Å². The van der Waals surface area contributed by atoms with Crippen molar-refractivity contribution < 1.29 is 5.11 Å². The van der Waals surface area contributed by atoms with Gasteiger partial charge in [-0.05, 0) is 60.8 Å². The Balaban J connectivity index is 2.14. The molecule has 0 aromatic heterocycles. The monoisotopic (exact) mass is 298 g/mol. The lowest BCUT2D eigenvalue weighted by Crippen LogP contribution is -2.40. The van der Waals surface area contributed by atoms with Crippen LogP contribution in [0.2, 0.25) is 0 Å². The van der Waals surface area contributed by atoms with Crippen LogP contribution in [-0.4, -0.2) is 29.1 Å². The third kappa shape index (κ3) is 3.80. The van der Waals surface area contributed by atoms with Crippen molar-refractivity contribution >= 4 is 0 Å². The molecule has 0 bridgehead atoms. The van der Waals surface area contributed by atoms with Gasteiger partial charge < -0.3 is 10.8 Å². The molecule has 22 heavy (non-hydrogen) atoms. The summed E-state index contributed by atoms with van der Waals surface area (Å²) in [4.78, 5) is 2.45. The third-order valence-electron chi connectivity index (χ3n) is 4.39. The Hall–Kier alpha value is -2.00. The fourth-order valence-electron chi connectivity index (χ4n) is 3.23. The van der Waals surface area contributed by atoms with E-state index in [1.165, 1.54) is 5.56 Å². The molecule has 2 rings (SSSR count). The molecule has 0 saturated carbocycles. The van der Waals surface area contributed by atoms with Crippen LogP contribution in [-0.2, 0) is 12.8 Å². The Bertz CT molecular complexity index is 575. The number of aromatic hydroxyl groups is 1. The van der Waals surface area contributed by atoms with E-state index in [0.717, 1.165) is 43.5 Å². The van der Waals surface area contributed by atoms with Crippen LogP contribution in [0.3, 0.4) is 0 Å². The molecule has 0 spiro atoms. The summed E-state index contributed by atoms with van der Waals surface area (Å²) in [5.41, 5.74) is 9.09. The Morgan fingerprint density at radius 3 is 3.00 bits per heavy atom. The SMILES string of the molecule is C=C/C=C(\C=C/N)CN(CC)C1CCc2cccc(O)c2C1. The first-order chi connectivity index (χ1) is 10.7. The molecule has 3 N–H and O–H groups in total. The first-order valence-electron chi connectivity index (χ1n) is 7.93. The number of likely N-dealkylation sites (N-methyl/N-ethyl adjacent to an activating group) is 1. The maximum absolute atomic E-state index is 10.1. The van der Waals surface area contributed by atoms with Crippen LogP contribution in [0.25, 0.3) is 0 Å². The molecular weight excluding hydrogens is 272 g/mol. The molecule has 3 nitrogen and oxygen atoms in total. The molecule has 0 radical (unpaired) electrons. The quantitative estimate of drug-likeness (QED) is 0.793. The van der Waals surface area contributed by atoms with E-state index in [0.29, 0.717) is 11.8 Å². The van der Waals surface area contributed by atoms with E-state index in [1.54, 1.807) is 18.3 Å².